The van der Waals surface area contributed by atoms with Crippen LogP contribution in [-0.2, 0) is 11.3 Å². The average molecular weight is 415 g/mol. The van der Waals surface area contributed by atoms with Crippen LogP contribution in [0.4, 0.5) is 0 Å². The zero-order valence-electron chi connectivity index (χ0n) is 12.0. The summed E-state index contributed by atoms with van der Waals surface area (Å²) in [5.74, 6) is 0.996. The van der Waals surface area contributed by atoms with Gasteiger partial charge < -0.3 is 14.8 Å². The van der Waals surface area contributed by atoms with Gasteiger partial charge in [0.05, 0.1) is 15.4 Å². The van der Waals surface area contributed by atoms with E-state index in [1.165, 1.54) is 6.08 Å². The third-order valence-electron chi connectivity index (χ3n) is 3.11. The molecule has 3 rings (SSSR count). The van der Waals surface area contributed by atoms with Crippen LogP contribution in [0.5, 0.6) is 11.5 Å². The maximum atomic E-state index is 11.9. The van der Waals surface area contributed by atoms with E-state index >= 15 is 0 Å². The second kappa shape index (κ2) is 7.38. The number of nitrogens with one attached hydrogen (secondary N) is 1. The quantitative estimate of drug-likeness (QED) is 0.760. The highest BCUT2D eigenvalue weighted by Gasteiger charge is 2.15. The van der Waals surface area contributed by atoms with Crippen LogP contribution in [0, 0.1) is 0 Å². The van der Waals surface area contributed by atoms with E-state index in [1.807, 2.05) is 12.1 Å². The maximum Gasteiger partial charge on any atom is 0.244 e. The van der Waals surface area contributed by atoms with Gasteiger partial charge in [0.25, 0.3) is 0 Å². The van der Waals surface area contributed by atoms with Gasteiger partial charge in [-0.15, -0.1) is 11.3 Å². The number of amides is 1. The van der Waals surface area contributed by atoms with Crippen molar-refractivity contribution in [3.63, 3.8) is 0 Å². The summed E-state index contributed by atoms with van der Waals surface area (Å²) in [6.07, 6.45) is 3.17. The fourth-order valence-electron chi connectivity index (χ4n) is 2.08. The second-order valence-corrected chi connectivity index (χ2v) is 7.74. The third kappa shape index (κ3) is 4.28. The number of fused-ring (bicyclic) bond motifs is 1. The van der Waals surface area contributed by atoms with E-state index in [9.17, 15) is 4.79 Å². The molecule has 0 saturated carbocycles. The van der Waals surface area contributed by atoms with Gasteiger partial charge >= 0.3 is 0 Å². The van der Waals surface area contributed by atoms with Crippen LogP contribution >= 0.6 is 38.9 Å². The van der Waals surface area contributed by atoms with E-state index in [0.717, 1.165) is 14.2 Å². The van der Waals surface area contributed by atoms with Crippen LogP contribution < -0.4 is 14.8 Å². The van der Waals surface area contributed by atoms with Gasteiger partial charge in [0, 0.05) is 11.0 Å². The first-order chi connectivity index (χ1) is 11.1. The number of rotatable bonds is 4. The number of thiophene rings is 1. The standard InChI is InChI=1S/C16H13BrClNO3S/c17-14-3-2-11(23-14)9-19-15(20)4-1-10-7-12(18)16-13(8-10)21-5-6-22-16/h1-4,7-8H,5-6,9H2,(H,19,20)/b4-1+. The maximum absolute atomic E-state index is 11.9. The van der Waals surface area contributed by atoms with Gasteiger partial charge in [-0.2, -0.15) is 0 Å². The molecular formula is C16H13BrClNO3S. The van der Waals surface area contributed by atoms with Crippen molar-refractivity contribution in [2.75, 3.05) is 13.2 Å². The lowest BCUT2D eigenvalue weighted by atomic mass is 10.1. The molecule has 0 spiro atoms. The molecule has 7 heteroatoms. The summed E-state index contributed by atoms with van der Waals surface area (Å²) in [6, 6.07) is 7.48. The lowest BCUT2D eigenvalue weighted by Gasteiger charge is -2.19. The lowest BCUT2D eigenvalue weighted by Crippen LogP contribution is -2.19. The largest absolute Gasteiger partial charge is 0.486 e. The Morgan fingerprint density at radius 1 is 1.35 bits per heavy atom. The first kappa shape index (κ1) is 16.4. The predicted octanol–water partition coefficient (Wildman–Crippen LogP) is 4.26. The third-order valence-corrected chi connectivity index (χ3v) is 5.02. The average Bonchev–Trinajstić information content (AvgIpc) is 2.96. The minimum atomic E-state index is -0.166. The summed E-state index contributed by atoms with van der Waals surface area (Å²) in [6.45, 7) is 1.48. The van der Waals surface area contributed by atoms with E-state index in [-0.39, 0.29) is 5.91 Å². The molecule has 0 fully saturated rings. The minimum absolute atomic E-state index is 0.166. The van der Waals surface area contributed by atoms with Gasteiger partial charge in [-0.1, -0.05) is 11.6 Å². The molecule has 0 unspecified atom stereocenters. The van der Waals surface area contributed by atoms with Crippen molar-refractivity contribution >= 4 is 50.9 Å². The number of hydrogen-bond donors (Lipinski definition) is 1. The number of carbonyl (C=O) groups is 1. The van der Waals surface area contributed by atoms with Gasteiger partial charge in [-0.05, 0) is 51.8 Å². The Morgan fingerprint density at radius 3 is 2.96 bits per heavy atom. The van der Waals surface area contributed by atoms with Crippen molar-refractivity contribution in [3.8, 4) is 11.5 Å². The van der Waals surface area contributed by atoms with Crippen molar-refractivity contribution in [1.82, 2.24) is 5.32 Å². The molecule has 1 aliphatic heterocycles. The molecular weight excluding hydrogens is 402 g/mol. The molecule has 4 nitrogen and oxygen atoms in total. The van der Waals surface area contributed by atoms with Crippen LogP contribution in [0.15, 0.2) is 34.1 Å². The Balaban J connectivity index is 1.63. The first-order valence-corrected chi connectivity index (χ1v) is 8.90. The van der Waals surface area contributed by atoms with Crippen LogP contribution in [0.25, 0.3) is 6.08 Å². The van der Waals surface area contributed by atoms with Gasteiger partial charge in [0.2, 0.25) is 5.91 Å². The number of ether oxygens (including phenoxy) is 2. The molecule has 23 heavy (non-hydrogen) atoms. The van der Waals surface area contributed by atoms with E-state index < -0.39 is 0 Å². The van der Waals surface area contributed by atoms with E-state index in [4.69, 9.17) is 21.1 Å². The lowest BCUT2D eigenvalue weighted by molar-refractivity contribution is -0.116. The van der Waals surface area contributed by atoms with Crippen molar-refractivity contribution in [3.05, 3.63) is 49.6 Å². The molecule has 0 atom stereocenters. The van der Waals surface area contributed by atoms with Crippen LogP contribution in [-0.4, -0.2) is 19.1 Å². The summed E-state index contributed by atoms with van der Waals surface area (Å²) in [5.41, 5.74) is 0.785. The van der Waals surface area contributed by atoms with Crippen molar-refractivity contribution in [2.24, 2.45) is 0 Å². The summed E-state index contributed by atoms with van der Waals surface area (Å²) in [4.78, 5) is 13.0. The predicted molar refractivity (Wildman–Crippen MR) is 95.3 cm³/mol. The highest BCUT2D eigenvalue weighted by Crippen LogP contribution is 2.38. The molecule has 1 N–H and O–H groups in total. The van der Waals surface area contributed by atoms with Gasteiger partial charge in [-0.3, -0.25) is 4.79 Å². The monoisotopic (exact) mass is 413 g/mol. The number of hydrogen-bond acceptors (Lipinski definition) is 4. The Morgan fingerprint density at radius 2 is 2.17 bits per heavy atom. The Labute approximate surface area is 151 Å². The molecule has 0 saturated heterocycles. The minimum Gasteiger partial charge on any atom is -0.486 e. The molecule has 120 valence electrons. The van der Waals surface area contributed by atoms with Gasteiger partial charge in [0.15, 0.2) is 11.5 Å². The van der Waals surface area contributed by atoms with E-state index in [2.05, 4.69) is 21.2 Å². The Bertz CT molecular complexity index is 760. The van der Waals surface area contributed by atoms with Crippen LogP contribution in [0.2, 0.25) is 5.02 Å². The fraction of sp³-hybridized carbons (Fsp3) is 0.188. The molecule has 1 aromatic heterocycles. The number of carbonyl (C=O) groups excluding carboxylic acids is 1. The van der Waals surface area contributed by atoms with Gasteiger partial charge in [0.1, 0.15) is 13.2 Å². The molecule has 1 amide bonds. The SMILES string of the molecule is O=C(/C=C/c1cc(Cl)c2c(c1)OCCO2)NCc1ccc(Br)s1. The van der Waals surface area contributed by atoms with Crippen molar-refractivity contribution in [2.45, 2.75) is 6.54 Å². The Kier molecular flexibility index (Phi) is 5.25. The van der Waals surface area contributed by atoms with Crippen LogP contribution in [0.3, 0.4) is 0 Å². The first-order valence-electron chi connectivity index (χ1n) is 6.91. The highest BCUT2D eigenvalue weighted by atomic mass is 79.9. The van der Waals surface area contributed by atoms with Crippen molar-refractivity contribution in [1.29, 1.82) is 0 Å². The number of benzene rings is 1. The zero-order chi connectivity index (χ0) is 16.2. The molecule has 2 heterocycles. The highest BCUT2D eigenvalue weighted by molar-refractivity contribution is 9.11. The fourth-order valence-corrected chi connectivity index (χ4v) is 3.78. The zero-order valence-corrected chi connectivity index (χ0v) is 15.1. The smallest absolute Gasteiger partial charge is 0.244 e. The normalized spacial score (nSPS) is 13.3. The topological polar surface area (TPSA) is 47.6 Å². The molecule has 0 aliphatic carbocycles. The second-order valence-electron chi connectivity index (χ2n) is 4.78. The summed E-state index contributed by atoms with van der Waals surface area (Å²) < 4.78 is 12.0. The Hall–Kier alpha value is -1.50. The van der Waals surface area contributed by atoms with E-state index in [0.29, 0.717) is 36.3 Å². The summed E-state index contributed by atoms with van der Waals surface area (Å²) in [7, 11) is 0. The molecule has 1 aromatic carbocycles. The van der Waals surface area contributed by atoms with Crippen LogP contribution in [0.1, 0.15) is 10.4 Å². The van der Waals surface area contributed by atoms with Crippen molar-refractivity contribution < 1.29 is 14.3 Å². The number of halogens is 2. The molecule has 0 radical (unpaired) electrons. The summed E-state index contributed by atoms with van der Waals surface area (Å²) >= 11 is 11.1. The molecule has 0 bridgehead atoms. The molecule has 1 aliphatic rings. The van der Waals surface area contributed by atoms with Gasteiger partial charge in [-0.25, -0.2) is 0 Å². The molecule has 2 aromatic rings. The summed E-state index contributed by atoms with van der Waals surface area (Å²) in [5, 5.41) is 3.31. The van der Waals surface area contributed by atoms with E-state index in [1.54, 1.807) is 29.5 Å².